The van der Waals surface area contributed by atoms with Gasteiger partial charge in [-0.05, 0) is 18.1 Å². The molecule has 0 aliphatic rings. The van der Waals surface area contributed by atoms with Crippen LogP contribution >= 0.6 is 0 Å². The summed E-state index contributed by atoms with van der Waals surface area (Å²) in [4.78, 5) is 24.7. The van der Waals surface area contributed by atoms with Gasteiger partial charge < -0.3 is 10.0 Å². The molecular formula is C16H19N3O3. The van der Waals surface area contributed by atoms with Crippen LogP contribution in [-0.2, 0) is 4.79 Å². The van der Waals surface area contributed by atoms with E-state index < -0.39 is 5.97 Å². The molecule has 0 aliphatic heterocycles. The van der Waals surface area contributed by atoms with Gasteiger partial charge in [0, 0.05) is 12.7 Å². The first kappa shape index (κ1) is 15.8. The van der Waals surface area contributed by atoms with Crippen molar-refractivity contribution in [2.75, 3.05) is 13.1 Å². The second kappa shape index (κ2) is 6.89. The van der Waals surface area contributed by atoms with Gasteiger partial charge in [-0.1, -0.05) is 32.0 Å². The molecule has 2 aromatic rings. The summed E-state index contributed by atoms with van der Waals surface area (Å²) in [7, 11) is 0. The molecule has 6 heteroatoms. The molecule has 0 fully saturated rings. The van der Waals surface area contributed by atoms with Gasteiger partial charge in [-0.2, -0.15) is 5.10 Å². The average molecular weight is 301 g/mol. The van der Waals surface area contributed by atoms with Gasteiger partial charge in [0.15, 0.2) is 0 Å². The van der Waals surface area contributed by atoms with Gasteiger partial charge in [0.1, 0.15) is 6.54 Å². The smallest absolute Gasteiger partial charge is 0.323 e. The van der Waals surface area contributed by atoms with E-state index in [2.05, 4.69) is 5.10 Å². The molecule has 6 nitrogen and oxygen atoms in total. The van der Waals surface area contributed by atoms with Gasteiger partial charge in [-0.15, -0.1) is 0 Å². The first-order chi connectivity index (χ1) is 10.5. The highest BCUT2D eigenvalue weighted by atomic mass is 16.4. The van der Waals surface area contributed by atoms with Crippen LogP contribution in [0.1, 0.15) is 24.2 Å². The monoisotopic (exact) mass is 301 g/mol. The lowest BCUT2D eigenvalue weighted by Crippen LogP contribution is -2.38. The van der Waals surface area contributed by atoms with Gasteiger partial charge in [0.2, 0.25) is 0 Å². The molecule has 0 bridgehead atoms. The number of rotatable bonds is 6. The van der Waals surface area contributed by atoms with Crippen LogP contribution in [0, 0.1) is 5.92 Å². The number of carbonyl (C=O) groups is 2. The minimum absolute atomic E-state index is 0.187. The van der Waals surface area contributed by atoms with E-state index in [1.807, 2.05) is 44.2 Å². The van der Waals surface area contributed by atoms with Crippen LogP contribution in [0.2, 0.25) is 0 Å². The van der Waals surface area contributed by atoms with Crippen molar-refractivity contribution in [1.82, 2.24) is 14.7 Å². The Labute approximate surface area is 129 Å². The first-order valence-electron chi connectivity index (χ1n) is 7.08. The van der Waals surface area contributed by atoms with Crippen molar-refractivity contribution in [2.24, 2.45) is 5.92 Å². The number of aromatic nitrogens is 2. The summed E-state index contributed by atoms with van der Waals surface area (Å²) in [6, 6.07) is 9.42. The Bertz CT molecular complexity index is 650. The van der Waals surface area contributed by atoms with Crippen LogP contribution in [0.5, 0.6) is 0 Å². The van der Waals surface area contributed by atoms with E-state index in [4.69, 9.17) is 5.11 Å². The summed E-state index contributed by atoms with van der Waals surface area (Å²) in [5.74, 6) is -1.16. The zero-order valence-electron chi connectivity index (χ0n) is 12.6. The normalized spacial score (nSPS) is 10.7. The molecule has 0 radical (unpaired) electrons. The molecule has 0 aliphatic carbocycles. The molecule has 1 heterocycles. The van der Waals surface area contributed by atoms with Crippen LogP contribution in [0.25, 0.3) is 5.69 Å². The number of amides is 1. The van der Waals surface area contributed by atoms with E-state index in [9.17, 15) is 9.59 Å². The Morgan fingerprint density at radius 3 is 2.55 bits per heavy atom. The lowest BCUT2D eigenvalue weighted by Gasteiger charge is -2.21. The lowest BCUT2D eigenvalue weighted by molar-refractivity contribution is -0.137. The van der Waals surface area contributed by atoms with Crippen LogP contribution < -0.4 is 0 Å². The van der Waals surface area contributed by atoms with Crippen molar-refractivity contribution in [3.63, 3.8) is 0 Å². The number of carbonyl (C=O) groups excluding carboxylic acids is 1. The van der Waals surface area contributed by atoms with Crippen molar-refractivity contribution < 1.29 is 14.7 Å². The maximum atomic E-state index is 12.5. The SMILES string of the molecule is CC(C)CN(CC(=O)O)C(=O)c1cnn(-c2ccccc2)c1. The van der Waals surface area contributed by atoms with E-state index in [1.54, 1.807) is 10.9 Å². The third kappa shape index (κ3) is 3.94. The second-order valence-corrected chi connectivity index (χ2v) is 5.48. The van der Waals surface area contributed by atoms with Gasteiger partial charge in [0.05, 0.1) is 17.4 Å². The molecule has 1 amide bonds. The lowest BCUT2D eigenvalue weighted by atomic mass is 10.2. The summed E-state index contributed by atoms with van der Waals surface area (Å²) in [5.41, 5.74) is 1.22. The molecule has 22 heavy (non-hydrogen) atoms. The van der Waals surface area contributed by atoms with Crippen molar-refractivity contribution >= 4 is 11.9 Å². The summed E-state index contributed by atoms with van der Waals surface area (Å²) in [5, 5.41) is 13.1. The number of carboxylic acid groups (broad SMARTS) is 1. The Hall–Kier alpha value is -2.63. The molecule has 1 aromatic heterocycles. The third-order valence-corrected chi connectivity index (χ3v) is 3.05. The maximum absolute atomic E-state index is 12.5. The number of hydrogen-bond acceptors (Lipinski definition) is 3. The van der Waals surface area contributed by atoms with Crippen molar-refractivity contribution in [3.05, 3.63) is 48.3 Å². The molecule has 0 atom stereocenters. The molecule has 1 aromatic carbocycles. The van der Waals surface area contributed by atoms with E-state index in [0.717, 1.165) is 5.69 Å². The first-order valence-corrected chi connectivity index (χ1v) is 7.08. The number of carboxylic acids is 1. The van der Waals surface area contributed by atoms with Crippen LogP contribution in [-0.4, -0.2) is 44.8 Å². The minimum atomic E-state index is -1.02. The van der Waals surface area contributed by atoms with Gasteiger partial charge in [-0.3, -0.25) is 9.59 Å². The molecule has 0 saturated carbocycles. The highest BCUT2D eigenvalue weighted by Gasteiger charge is 2.21. The maximum Gasteiger partial charge on any atom is 0.323 e. The predicted octanol–water partition coefficient (Wildman–Crippen LogP) is 2.06. The molecule has 2 rings (SSSR count). The molecule has 0 saturated heterocycles. The molecule has 0 spiro atoms. The van der Waals surface area contributed by atoms with Crippen LogP contribution in [0.15, 0.2) is 42.7 Å². The molecular weight excluding hydrogens is 282 g/mol. The van der Waals surface area contributed by atoms with E-state index >= 15 is 0 Å². The Balaban J connectivity index is 2.20. The van der Waals surface area contributed by atoms with Gasteiger partial charge in [0.25, 0.3) is 5.91 Å². The fraction of sp³-hybridized carbons (Fsp3) is 0.312. The topological polar surface area (TPSA) is 75.4 Å². The van der Waals surface area contributed by atoms with E-state index in [-0.39, 0.29) is 18.4 Å². The largest absolute Gasteiger partial charge is 0.480 e. The Morgan fingerprint density at radius 1 is 1.27 bits per heavy atom. The van der Waals surface area contributed by atoms with E-state index in [0.29, 0.717) is 12.1 Å². The highest BCUT2D eigenvalue weighted by Crippen LogP contribution is 2.11. The molecule has 0 unspecified atom stereocenters. The summed E-state index contributed by atoms with van der Waals surface area (Å²) in [6.07, 6.45) is 3.08. The highest BCUT2D eigenvalue weighted by molar-refractivity contribution is 5.95. The summed E-state index contributed by atoms with van der Waals surface area (Å²) >= 11 is 0. The number of para-hydroxylation sites is 1. The predicted molar refractivity (Wildman–Crippen MR) is 81.9 cm³/mol. The van der Waals surface area contributed by atoms with Crippen LogP contribution in [0.3, 0.4) is 0 Å². The molecule has 1 N–H and O–H groups in total. The Morgan fingerprint density at radius 2 is 1.95 bits per heavy atom. The summed E-state index contributed by atoms with van der Waals surface area (Å²) in [6.45, 7) is 3.96. The average Bonchev–Trinajstić information content (AvgIpc) is 2.95. The number of hydrogen-bond donors (Lipinski definition) is 1. The zero-order valence-corrected chi connectivity index (χ0v) is 12.6. The zero-order chi connectivity index (χ0) is 16.1. The van der Waals surface area contributed by atoms with Gasteiger partial charge >= 0.3 is 5.97 Å². The van der Waals surface area contributed by atoms with Crippen LogP contribution in [0.4, 0.5) is 0 Å². The minimum Gasteiger partial charge on any atom is -0.480 e. The van der Waals surface area contributed by atoms with Crippen molar-refractivity contribution in [2.45, 2.75) is 13.8 Å². The fourth-order valence-electron chi connectivity index (χ4n) is 2.16. The van der Waals surface area contributed by atoms with E-state index in [1.165, 1.54) is 11.1 Å². The summed E-state index contributed by atoms with van der Waals surface area (Å²) < 4.78 is 1.60. The third-order valence-electron chi connectivity index (χ3n) is 3.05. The van der Waals surface area contributed by atoms with Crippen molar-refractivity contribution in [3.8, 4) is 5.69 Å². The standard InChI is InChI=1S/C16H19N3O3/c1-12(2)9-18(11-15(20)21)16(22)13-8-17-19(10-13)14-6-4-3-5-7-14/h3-8,10,12H,9,11H2,1-2H3,(H,20,21). The Kier molecular flexibility index (Phi) is 4.93. The van der Waals surface area contributed by atoms with Gasteiger partial charge in [-0.25, -0.2) is 4.68 Å². The number of aliphatic carboxylic acids is 1. The molecule has 116 valence electrons. The van der Waals surface area contributed by atoms with Crippen molar-refractivity contribution in [1.29, 1.82) is 0 Å². The second-order valence-electron chi connectivity index (χ2n) is 5.48. The fourth-order valence-corrected chi connectivity index (χ4v) is 2.16. The quantitative estimate of drug-likeness (QED) is 0.886. The number of benzene rings is 1. The number of nitrogens with zero attached hydrogens (tertiary/aromatic N) is 3.